The fourth-order valence-electron chi connectivity index (χ4n) is 1.95. The van der Waals surface area contributed by atoms with Gasteiger partial charge in [0, 0.05) is 6.42 Å². The lowest BCUT2D eigenvalue weighted by Crippen LogP contribution is -2.44. The number of hydroxylamine groups is 1. The maximum absolute atomic E-state index is 11.3. The van der Waals surface area contributed by atoms with Crippen molar-refractivity contribution < 1.29 is 9.63 Å². The largest absolute Gasteiger partial charge is 0.316 e. The maximum Gasteiger partial charge on any atom is 0.243 e. The molecule has 1 saturated carbocycles. The summed E-state index contributed by atoms with van der Waals surface area (Å²) in [5.74, 6) is 0.547. The van der Waals surface area contributed by atoms with Crippen LogP contribution in [0.15, 0.2) is 0 Å². The van der Waals surface area contributed by atoms with E-state index in [1.54, 1.807) is 0 Å². The molecular formula is C10H18N2O2. The first kappa shape index (κ1) is 9.93. The van der Waals surface area contributed by atoms with Crippen molar-refractivity contribution in [2.45, 2.75) is 38.2 Å². The van der Waals surface area contributed by atoms with Gasteiger partial charge in [0.15, 0.2) is 0 Å². The first-order valence-corrected chi connectivity index (χ1v) is 5.50. The molecule has 0 aromatic carbocycles. The molecule has 0 radical (unpaired) electrons. The predicted octanol–water partition coefficient (Wildman–Crippen LogP) is 0.586. The number of hydrogen-bond donors (Lipinski definition) is 2. The van der Waals surface area contributed by atoms with Crippen molar-refractivity contribution >= 4 is 5.91 Å². The molecular weight excluding hydrogens is 180 g/mol. The van der Waals surface area contributed by atoms with E-state index in [2.05, 4.69) is 10.8 Å². The topological polar surface area (TPSA) is 50.4 Å². The summed E-state index contributed by atoms with van der Waals surface area (Å²) >= 11 is 0. The van der Waals surface area contributed by atoms with Crippen LogP contribution in [0.4, 0.5) is 0 Å². The lowest BCUT2D eigenvalue weighted by molar-refractivity contribution is -0.139. The standard InChI is InChI=1S/C10H18N2O2/c13-10(5-8-6-11-7-8)12-14-9-3-1-2-4-9/h8-9,11H,1-7H2,(H,12,13). The number of nitrogens with one attached hydrogen (secondary N) is 2. The Kier molecular flexibility index (Phi) is 3.37. The van der Waals surface area contributed by atoms with E-state index in [9.17, 15) is 4.79 Å². The highest BCUT2D eigenvalue weighted by atomic mass is 16.7. The zero-order valence-corrected chi connectivity index (χ0v) is 8.42. The Bertz CT molecular complexity index is 198. The second-order valence-electron chi connectivity index (χ2n) is 4.28. The molecule has 1 saturated heterocycles. The molecule has 0 aromatic heterocycles. The van der Waals surface area contributed by atoms with Crippen molar-refractivity contribution in [1.29, 1.82) is 0 Å². The first-order chi connectivity index (χ1) is 6.84. The normalized spacial score (nSPS) is 23.4. The molecule has 2 aliphatic rings. The smallest absolute Gasteiger partial charge is 0.243 e. The van der Waals surface area contributed by atoms with E-state index >= 15 is 0 Å². The average Bonchev–Trinajstić information content (AvgIpc) is 2.60. The van der Waals surface area contributed by atoms with Crippen LogP contribution < -0.4 is 10.8 Å². The van der Waals surface area contributed by atoms with Gasteiger partial charge >= 0.3 is 0 Å². The summed E-state index contributed by atoms with van der Waals surface area (Å²) < 4.78 is 0. The van der Waals surface area contributed by atoms with E-state index < -0.39 is 0 Å². The molecule has 4 nitrogen and oxygen atoms in total. The molecule has 1 aliphatic carbocycles. The van der Waals surface area contributed by atoms with Crippen molar-refractivity contribution in [1.82, 2.24) is 10.8 Å². The highest BCUT2D eigenvalue weighted by molar-refractivity contribution is 5.75. The van der Waals surface area contributed by atoms with Gasteiger partial charge in [-0.2, -0.15) is 0 Å². The molecule has 14 heavy (non-hydrogen) atoms. The van der Waals surface area contributed by atoms with Gasteiger partial charge in [-0.3, -0.25) is 9.63 Å². The zero-order chi connectivity index (χ0) is 9.80. The number of amides is 1. The van der Waals surface area contributed by atoms with Crippen molar-refractivity contribution in [3.05, 3.63) is 0 Å². The van der Waals surface area contributed by atoms with E-state index in [1.807, 2.05) is 0 Å². The molecule has 1 amide bonds. The van der Waals surface area contributed by atoms with Crippen molar-refractivity contribution in [2.75, 3.05) is 13.1 Å². The SMILES string of the molecule is O=C(CC1CNC1)NOC1CCCC1. The van der Waals surface area contributed by atoms with Crippen LogP contribution >= 0.6 is 0 Å². The highest BCUT2D eigenvalue weighted by Crippen LogP contribution is 2.20. The molecule has 4 heteroatoms. The van der Waals surface area contributed by atoms with E-state index in [0.29, 0.717) is 12.3 Å². The third-order valence-corrected chi connectivity index (χ3v) is 2.98. The number of rotatable bonds is 4. The molecule has 0 aromatic rings. The summed E-state index contributed by atoms with van der Waals surface area (Å²) in [6, 6.07) is 0. The Morgan fingerprint density at radius 1 is 1.36 bits per heavy atom. The quantitative estimate of drug-likeness (QED) is 0.650. The average molecular weight is 198 g/mol. The molecule has 0 bridgehead atoms. The molecule has 0 unspecified atom stereocenters. The Balaban J connectivity index is 1.57. The number of carbonyl (C=O) groups is 1. The fourth-order valence-corrected chi connectivity index (χ4v) is 1.95. The fraction of sp³-hybridized carbons (Fsp3) is 0.900. The van der Waals surface area contributed by atoms with Crippen LogP contribution in [-0.4, -0.2) is 25.1 Å². The molecule has 2 N–H and O–H groups in total. The molecule has 80 valence electrons. The predicted molar refractivity (Wildman–Crippen MR) is 52.5 cm³/mol. The van der Waals surface area contributed by atoms with Gasteiger partial charge in [-0.25, -0.2) is 5.48 Å². The van der Waals surface area contributed by atoms with Crippen LogP contribution in [0.25, 0.3) is 0 Å². The number of carbonyl (C=O) groups excluding carboxylic acids is 1. The number of hydrogen-bond acceptors (Lipinski definition) is 3. The Hall–Kier alpha value is -0.610. The van der Waals surface area contributed by atoms with Gasteiger partial charge in [0.1, 0.15) is 0 Å². The van der Waals surface area contributed by atoms with E-state index in [1.165, 1.54) is 12.8 Å². The van der Waals surface area contributed by atoms with Crippen molar-refractivity contribution in [2.24, 2.45) is 5.92 Å². The molecule has 1 heterocycles. The molecule has 0 atom stereocenters. The van der Waals surface area contributed by atoms with E-state index in [4.69, 9.17) is 4.84 Å². The van der Waals surface area contributed by atoms with Gasteiger partial charge in [0.2, 0.25) is 5.91 Å². The van der Waals surface area contributed by atoms with Gasteiger partial charge in [-0.05, 0) is 31.8 Å². The summed E-state index contributed by atoms with van der Waals surface area (Å²) in [7, 11) is 0. The van der Waals surface area contributed by atoms with Gasteiger partial charge in [0.25, 0.3) is 0 Å². The second-order valence-corrected chi connectivity index (χ2v) is 4.28. The van der Waals surface area contributed by atoms with Gasteiger partial charge < -0.3 is 5.32 Å². The third kappa shape index (κ3) is 2.69. The minimum absolute atomic E-state index is 0.0309. The van der Waals surface area contributed by atoms with E-state index in [0.717, 1.165) is 25.9 Å². The van der Waals surface area contributed by atoms with Crippen LogP contribution in [0.3, 0.4) is 0 Å². The molecule has 2 rings (SSSR count). The monoisotopic (exact) mass is 198 g/mol. The van der Waals surface area contributed by atoms with Crippen LogP contribution in [0.1, 0.15) is 32.1 Å². The minimum Gasteiger partial charge on any atom is -0.316 e. The third-order valence-electron chi connectivity index (χ3n) is 2.98. The lowest BCUT2D eigenvalue weighted by atomic mass is 9.99. The molecule has 0 spiro atoms. The maximum atomic E-state index is 11.3. The minimum atomic E-state index is 0.0309. The first-order valence-electron chi connectivity index (χ1n) is 5.50. The van der Waals surface area contributed by atoms with E-state index in [-0.39, 0.29) is 12.0 Å². The Morgan fingerprint density at radius 3 is 2.64 bits per heavy atom. The van der Waals surface area contributed by atoms with Gasteiger partial charge in [-0.15, -0.1) is 0 Å². The zero-order valence-electron chi connectivity index (χ0n) is 8.42. The lowest BCUT2D eigenvalue weighted by Gasteiger charge is -2.26. The van der Waals surface area contributed by atoms with Crippen molar-refractivity contribution in [3.63, 3.8) is 0 Å². The van der Waals surface area contributed by atoms with Crippen LogP contribution in [-0.2, 0) is 9.63 Å². The second kappa shape index (κ2) is 4.75. The molecule has 2 fully saturated rings. The molecule has 1 aliphatic heterocycles. The summed E-state index contributed by atoms with van der Waals surface area (Å²) in [5.41, 5.74) is 2.56. The van der Waals surface area contributed by atoms with Crippen LogP contribution in [0.5, 0.6) is 0 Å². The Labute approximate surface area is 84.3 Å². The van der Waals surface area contributed by atoms with Crippen molar-refractivity contribution in [3.8, 4) is 0 Å². The summed E-state index contributed by atoms with van der Waals surface area (Å²) in [4.78, 5) is 16.7. The summed E-state index contributed by atoms with van der Waals surface area (Å²) in [5, 5.41) is 3.14. The van der Waals surface area contributed by atoms with Crippen LogP contribution in [0.2, 0.25) is 0 Å². The summed E-state index contributed by atoms with van der Waals surface area (Å²) in [6.45, 7) is 1.94. The Morgan fingerprint density at radius 2 is 2.07 bits per heavy atom. The summed E-state index contributed by atoms with van der Waals surface area (Å²) in [6.07, 6.45) is 5.50. The van der Waals surface area contributed by atoms with Gasteiger partial charge in [-0.1, -0.05) is 12.8 Å². The van der Waals surface area contributed by atoms with Gasteiger partial charge in [0.05, 0.1) is 6.10 Å². The highest BCUT2D eigenvalue weighted by Gasteiger charge is 2.21. The van der Waals surface area contributed by atoms with Crippen LogP contribution in [0, 0.1) is 5.92 Å².